The van der Waals surface area contributed by atoms with E-state index in [0.717, 1.165) is 0 Å². The molecule has 3 aromatic heterocycles. The Morgan fingerprint density at radius 3 is 1.71 bits per heavy atom. The maximum absolute atomic E-state index is 10.8. The van der Waals surface area contributed by atoms with Crippen LogP contribution in [0.25, 0.3) is 60.4 Å². The molecule has 0 radical (unpaired) electrons. The lowest BCUT2D eigenvalue weighted by atomic mass is 9.35. The molecule has 0 saturated carbocycles. The first-order valence-corrected chi connectivity index (χ1v) is 22.2. The highest BCUT2D eigenvalue weighted by atomic mass is 16.3. The normalized spacial score (nSPS) is 18.8. The summed E-state index contributed by atoms with van der Waals surface area (Å²) in [5, 5.41) is -0.617. The zero-order valence-electron chi connectivity index (χ0n) is 58.7. The highest BCUT2D eigenvalue weighted by Gasteiger charge is 2.50. The highest BCUT2D eigenvalue weighted by Crippen LogP contribution is 2.56. The Balaban J connectivity index is 1.37. The average Bonchev–Trinajstić information content (AvgIpc) is 1.30. The Morgan fingerprint density at radius 1 is 0.439 bits per heavy atom. The molecule has 6 heteroatoms. The molecule has 0 spiro atoms. The van der Waals surface area contributed by atoms with Crippen molar-refractivity contribution in [3.05, 3.63) is 143 Å². The van der Waals surface area contributed by atoms with Crippen molar-refractivity contribution >= 4 is 112 Å². The number of benzene rings is 7. The van der Waals surface area contributed by atoms with E-state index < -0.39 is 118 Å². The van der Waals surface area contributed by atoms with Gasteiger partial charge in [-0.15, -0.1) is 0 Å². The molecule has 0 atom stereocenters. The first-order chi connectivity index (χ1) is 39.7. The summed E-state index contributed by atoms with van der Waals surface area (Å²) in [5.41, 5.74) is -6.55. The summed E-state index contributed by atoms with van der Waals surface area (Å²) in [6.07, 6.45) is 0. The lowest BCUT2D eigenvalue weighted by molar-refractivity contribution is 0.590. The van der Waals surface area contributed by atoms with E-state index in [1.165, 1.54) is 14.4 Å². The molecule has 3 aliphatic rings. The van der Waals surface area contributed by atoms with E-state index in [0.29, 0.717) is 0 Å². The number of fused-ring (bicyclic) bond motifs is 14. The maximum atomic E-state index is 10.8. The van der Waals surface area contributed by atoms with Crippen LogP contribution in [0.15, 0.2) is 130 Å². The van der Waals surface area contributed by atoms with E-state index in [1.807, 2.05) is 20.8 Å². The van der Waals surface area contributed by atoms with Crippen molar-refractivity contribution in [3.8, 4) is 5.69 Å². The Kier molecular flexibility index (Phi) is 4.63. The summed E-state index contributed by atoms with van der Waals surface area (Å²) in [7, 11) is 0. The minimum Gasteiger partial charge on any atom is -0.468 e. The van der Waals surface area contributed by atoms with Crippen molar-refractivity contribution in [1.82, 2.24) is 4.57 Å². The summed E-state index contributed by atoms with van der Waals surface area (Å²) >= 11 is 0. The van der Waals surface area contributed by atoms with E-state index in [-0.39, 0.29) is 165 Å². The zero-order chi connectivity index (χ0) is 63.1. The zero-order valence-corrected chi connectivity index (χ0v) is 38.7. The van der Waals surface area contributed by atoms with Gasteiger partial charge in [0.25, 0.3) is 6.71 Å². The first-order valence-electron chi connectivity index (χ1n) is 32.2. The molecule has 0 aliphatic carbocycles. The Labute approximate surface area is 415 Å². The largest absolute Gasteiger partial charge is 0.468 e. The van der Waals surface area contributed by atoms with Gasteiger partial charge in [0.15, 0.2) is 0 Å². The van der Waals surface area contributed by atoms with Crippen LogP contribution in [0.5, 0.6) is 0 Å². The third kappa shape index (κ3) is 5.24. The van der Waals surface area contributed by atoms with Crippen molar-refractivity contribution in [1.29, 1.82) is 0 Å². The quantitative estimate of drug-likeness (QED) is 0.154. The SMILES string of the molecule is [2H]c1c([2H])c2c3c(c1[2H])-n1c4c([2H])c([2H])c(C(C)(C)C)c([2H])c4c4c([2H])c(C(C)(C)C)c([2H])c(c41)N3c1c([2H])c(C(C)(C)C)c([2H])c3c1B2c1oc2c([2H])c([2H])c(C(C)(C)C)c([2H])c2c1N3c1c([2H])c([2H])c([2H])c2oc3c([2H])c([2H])c([2H])c([2H])c3c12. The lowest BCUT2D eigenvalue weighted by Crippen LogP contribution is -2.61. The molecule has 7 aromatic carbocycles. The predicted octanol–water partition coefficient (Wildman–Crippen LogP) is 15.0. The van der Waals surface area contributed by atoms with Gasteiger partial charge in [-0.1, -0.05) is 131 Å². The van der Waals surface area contributed by atoms with Crippen LogP contribution in [-0.2, 0) is 21.7 Å². The number of aromatic nitrogens is 1. The average molecular weight is 882 g/mol. The number of anilines is 6. The van der Waals surface area contributed by atoms with Crippen LogP contribution in [0.1, 0.15) is 133 Å². The monoisotopic (exact) mass is 882 g/mol. The van der Waals surface area contributed by atoms with Gasteiger partial charge in [-0.05, 0) is 127 Å². The fraction of sp³-hybridized carbons (Fsp3) is 0.267. The van der Waals surface area contributed by atoms with Gasteiger partial charge in [0.1, 0.15) is 16.7 Å². The maximum Gasteiger partial charge on any atom is 0.297 e. The van der Waals surface area contributed by atoms with Crippen molar-refractivity contribution < 1.29 is 36.2 Å². The molecule has 0 unspecified atom stereocenters. The minimum absolute atomic E-state index is 0.0184. The molecule has 5 nitrogen and oxygen atoms in total. The molecule has 13 rings (SSSR count). The molecule has 66 heavy (non-hydrogen) atoms. The van der Waals surface area contributed by atoms with Crippen molar-refractivity contribution in [3.63, 3.8) is 0 Å². The second-order valence-corrected chi connectivity index (χ2v) is 21.8. The van der Waals surface area contributed by atoms with Gasteiger partial charge in [-0.2, -0.15) is 0 Å². The minimum atomic E-state index is -1.60. The summed E-state index contributed by atoms with van der Waals surface area (Å²) < 4.78 is 211. The molecule has 0 amide bonds. The van der Waals surface area contributed by atoms with Crippen molar-refractivity contribution in [2.24, 2.45) is 0 Å². The van der Waals surface area contributed by atoms with Crippen LogP contribution >= 0.6 is 0 Å². The van der Waals surface area contributed by atoms with Gasteiger partial charge >= 0.3 is 0 Å². The Morgan fingerprint density at radius 2 is 1.00 bits per heavy atom. The van der Waals surface area contributed by atoms with Crippen LogP contribution in [-0.4, -0.2) is 11.3 Å². The van der Waals surface area contributed by atoms with Gasteiger partial charge in [0.05, 0.1) is 77.9 Å². The van der Waals surface area contributed by atoms with E-state index >= 15 is 0 Å². The molecule has 0 N–H and O–H groups in total. The van der Waals surface area contributed by atoms with Gasteiger partial charge < -0.3 is 23.2 Å². The molecule has 6 heterocycles. The third-order valence-electron chi connectivity index (χ3n) is 13.1. The summed E-state index contributed by atoms with van der Waals surface area (Å²) in [6, 6.07) is -9.92. The number of furan rings is 2. The van der Waals surface area contributed by atoms with Gasteiger partial charge in [0, 0.05) is 32.9 Å². The third-order valence-corrected chi connectivity index (χ3v) is 13.1. The highest BCUT2D eigenvalue weighted by molar-refractivity contribution is 7.00. The molecule has 10 aromatic rings. The van der Waals surface area contributed by atoms with Crippen LogP contribution in [0.4, 0.5) is 34.1 Å². The van der Waals surface area contributed by atoms with Crippen LogP contribution in [0.2, 0.25) is 0 Å². The van der Waals surface area contributed by atoms with Gasteiger partial charge in [0.2, 0.25) is 0 Å². The summed E-state index contributed by atoms with van der Waals surface area (Å²) in [4.78, 5) is 2.84. The smallest absolute Gasteiger partial charge is 0.297 e. The number of hydrogen-bond donors (Lipinski definition) is 0. The number of nitrogens with zero attached hydrogens (tertiary/aromatic N) is 3. The second-order valence-electron chi connectivity index (χ2n) is 21.8. The number of para-hydroxylation sites is 2. The Bertz CT molecular complexity index is 4950. The number of hydrogen-bond acceptors (Lipinski definition) is 4. The van der Waals surface area contributed by atoms with Crippen molar-refractivity contribution in [2.45, 2.75) is 105 Å². The van der Waals surface area contributed by atoms with Gasteiger partial charge in [-0.25, -0.2) is 0 Å². The van der Waals surface area contributed by atoms with Gasteiger partial charge in [-0.3, -0.25) is 0 Å². The number of rotatable bonds is 1. The summed E-state index contributed by atoms with van der Waals surface area (Å²) in [6.45, 7) is 19.8. The first kappa shape index (κ1) is 24.2. The van der Waals surface area contributed by atoms with E-state index in [2.05, 4.69) is 0 Å². The standard InChI is InChI=1S/C60H56BN3O2/c1-57(2,3)33-23-25-42-38(27-33)39-29-35(59(7,8)9)32-47-53(39)62(42)44-20-15-18-41-55(44)64(47)46-31-36(60(10,11)12)30-45-52(46)61(41)56-54(40-28-34(58(4,5)6)24-26-49(40)66-56)63(45)43-19-16-22-50-51(43)37-17-13-14-21-48(37)65-50/h13-32H,1-12H3/i13D,14D,15D,16D,17D,18D,19D,20D,21D,22D,23D,24D,25D,26D,27D,28D,29D,30D,31D,32D. The fourth-order valence-electron chi connectivity index (χ4n) is 9.72. The molecular weight excluding hydrogens is 805 g/mol. The van der Waals surface area contributed by atoms with E-state index in [4.69, 9.17) is 12.9 Å². The molecule has 0 saturated heterocycles. The topological polar surface area (TPSA) is 37.7 Å². The van der Waals surface area contributed by atoms with Crippen LogP contribution in [0, 0.1) is 0 Å². The Hall–Kier alpha value is -6.66. The van der Waals surface area contributed by atoms with Crippen LogP contribution in [0.3, 0.4) is 0 Å². The van der Waals surface area contributed by atoms with Crippen LogP contribution < -0.4 is 26.4 Å². The molecule has 0 fully saturated rings. The lowest BCUT2D eigenvalue weighted by Gasteiger charge is -2.45. The molecular formula is C60H56BN3O2. The summed E-state index contributed by atoms with van der Waals surface area (Å²) in [5.74, 6) is 0. The molecule has 0 bridgehead atoms. The second kappa shape index (κ2) is 12.6. The fourth-order valence-corrected chi connectivity index (χ4v) is 9.72. The van der Waals surface area contributed by atoms with E-state index in [1.54, 1.807) is 62.3 Å². The van der Waals surface area contributed by atoms with E-state index in [9.17, 15) is 23.3 Å². The van der Waals surface area contributed by atoms with Crippen molar-refractivity contribution in [2.75, 3.05) is 9.80 Å². The molecule has 3 aliphatic heterocycles. The molecule has 326 valence electrons. The predicted molar refractivity (Wildman–Crippen MR) is 280 cm³/mol.